The Morgan fingerprint density at radius 2 is 1.83 bits per heavy atom. The molecule has 1 aromatic heterocycles. The van der Waals surface area contributed by atoms with E-state index in [9.17, 15) is 9.59 Å². The van der Waals surface area contributed by atoms with Crippen LogP contribution in [0.5, 0.6) is 0 Å². The van der Waals surface area contributed by atoms with Gasteiger partial charge in [-0.3, -0.25) is 9.59 Å². The lowest BCUT2D eigenvalue weighted by atomic mass is 10.2. The second-order valence-corrected chi connectivity index (χ2v) is 6.18. The number of nitrogens with zero attached hydrogens (tertiary/aromatic N) is 1. The molecule has 2 amide bonds. The van der Waals surface area contributed by atoms with E-state index in [1.54, 1.807) is 18.4 Å². The minimum Gasteiger partial charge on any atom is -0.467 e. The normalized spacial score (nSPS) is 18.8. The molecule has 2 aromatic rings. The van der Waals surface area contributed by atoms with Gasteiger partial charge in [-0.1, -0.05) is 0 Å². The molecule has 1 aliphatic carbocycles. The van der Waals surface area contributed by atoms with Crippen molar-refractivity contribution in [3.63, 3.8) is 0 Å². The zero-order chi connectivity index (χ0) is 17.1. The maximum atomic E-state index is 12.2. The van der Waals surface area contributed by atoms with Crippen molar-refractivity contribution in [2.75, 3.05) is 24.3 Å². The van der Waals surface area contributed by atoms with Gasteiger partial charge in [0.25, 0.3) is 0 Å². The fourth-order valence-electron chi connectivity index (χ4n) is 2.57. The standard InChI is InChI=1S/C18H21N3O3/c1-21(2)13-7-5-12(6-8-13)20-18(23)16-10-15(16)17(22)19-11-14-4-3-9-24-14/h3-9,15-16H,10-11H2,1-2H3,(H,19,22)(H,20,23). The van der Waals surface area contributed by atoms with E-state index in [1.807, 2.05) is 43.3 Å². The van der Waals surface area contributed by atoms with Gasteiger partial charge in [0.15, 0.2) is 0 Å². The van der Waals surface area contributed by atoms with E-state index >= 15 is 0 Å². The highest BCUT2D eigenvalue weighted by atomic mass is 16.3. The Morgan fingerprint density at radius 3 is 2.46 bits per heavy atom. The number of amides is 2. The van der Waals surface area contributed by atoms with Crippen LogP contribution in [-0.4, -0.2) is 25.9 Å². The van der Waals surface area contributed by atoms with Crippen LogP contribution in [0.2, 0.25) is 0 Å². The Labute approximate surface area is 140 Å². The molecule has 1 fully saturated rings. The number of benzene rings is 1. The molecule has 0 aliphatic heterocycles. The number of hydrogen-bond acceptors (Lipinski definition) is 4. The van der Waals surface area contributed by atoms with Crippen LogP contribution < -0.4 is 15.5 Å². The molecular formula is C18H21N3O3. The van der Waals surface area contributed by atoms with Crippen LogP contribution >= 0.6 is 0 Å². The van der Waals surface area contributed by atoms with Crippen LogP contribution in [-0.2, 0) is 16.1 Å². The van der Waals surface area contributed by atoms with Gasteiger partial charge in [-0.25, -0.2) is 0 Å². The summed E-state index contributed by atoms with van der Waals surface area (Å²) in [4.78, 5) is 26.3. The summed E-state index contributed by atoms with van der Waals surface area (Å²) in [7, 11) is 3.92. The molecule has 1 aromatic carbocycles. The van der Waals surface area contributed by atoms with Crippen molar-refractivity contribution >= 4 is 23.2 Å². The first-order chi connectivity index (χ1) is 11.5. The van der Waals surface area contributed by atoms with Gasteiger partial charge in [0, 0.05) is 25.5 Å². The molecule has 2 atom stereocenters. The fourth-order valence-corrected chi connectivity index (χ4v) is 2.57. The smallest absolute Gasteiger partial charge is 0.228 e. The van der Waals surface area contributed by atoms with E-state index in [1.165, 1.54) is 0 Å². The molecule has 0 bridgehead atoms. The Bertz CT molecular complexity index is 708. The summed E-state index contributed by atoms with van der Waals surface area (Å²) < 4.78 is 5.17. The van der Waals surface area contributed by atoms with Gasteiger partial charge >= 0.3 is 0 Å². The molecule has 6 nitrogen and oxygen atoms in total. The summed E-state index contributed by atoms with van der Waals surface area (Å²) in [5.74, 6) is -0.0117. The van der Waals surface area contributed by atoms with E-state index < -0.39 is 0 Å². The second-order valence-electron chi connectivity index (χ2n) is 6.18. The SMILES string of the molecule is CN(C)c1ccc(NC(=O)C2CC2C(=O)NCc2ccco2)cc1. The van der Waals surface area contributed by atoms with Crippen LogP contribution in [0, 0.1) is 11.8 Å². The minimum absolute atomic E-state index is 0.102. The highest BCUT2D eigenvalue weighted by molar-refractivity contribution is 5.99. The van der Waals surface area contributed by atoms with Crippen molar-refractivity contribution in [1.29, 1.82) is 0 Å². The molecule has 0 saturated heterocycles. The van der Waals surface area contributed by atoms with Gasteiger partial charge in [-0.05, 0) is 42.8 Å². The van der Waals surface area contributed by atoms with Gasteiger partial charge in [-0.2, -0.15) is 0 Å². The van der Waals surface area contributed by atoms with Crippen LogP contribution in [0.1, 0.15) is 12.2 Å². The fraction of sp³-hybridized carbons (Fsp3) is 0.333. The summed E-state index contributed by atoms with van der Waals surface area (Å²) in [5.41, 5.74) is 1.81. The van der Waals surface area contributed by atoms with Crippen molar-refractivity contribution in [3.05, 3.63) is 48.4 Å². The molecule has 24 heavy (non-hydrogen) atoms. The van der Waals surface area contributed by atoms with Crippen LogP contribution in [0.3, 0.4) is 0 Å². The molecule has 2 unspecified atom stereocenters. The average molecular weight is 327 g/mol. The highest BCUT2D eigenvalue weighted by Gasteiger charge is 2.47. The summed E-state index contributed by atoms with van der Waals surface area (Å²) >= 11 is 0. The van der Waals surface area contributed by atoms with Crippen molar-refractivity contribution in [3.8, 4) is 0 Å². The van der Waals surface area contributed by atoms with Crippen LogP contribution in [0.25, 0.3) is 0 Å². The predicted molar refractivity (Wildman–Crippen MR) is 91.6 cm³/mol. The molecule has 3 rings (SSSR count). The van der Waals surface area contributed by atoms with E-state index in [0.29, 0.717) is 18.7 Å². The predicted octanol–water partition coefficient (Wildman–Crippen LogP) is 2.24. The Kier molecular flexibility index (Phi) is 4.55. The third-order valence-electron chi connectivity index (χ3n) is 4.13. The highest BCUT2D eigenvalue weighted by Crippen LogP contribution is 2.39. The maximum Gasteiger partial charge on any atom is 0.228 e. The molecule has 1 saturated carbocycles. The second kappa shape index (κ2) is 6.78. The lowest BCUT2D eigenvalue weighted by Gasteiger charge is -2.13. The molecule has 0 radical (unpaired) electrons. The van der Waals surface area contributed by atoms with Crippen molar-refractivity contribution in [2.24, 2.45) is 11.8 Å². The average Bonchev–Trinajstić information content (AvgIpc) is 3.21. The van der Waals surface area contributed by atoms with Crippen molar-refractivity contribution in [2.45, 2.75) is 13.0 Å². The first-order valence-corrected chi connectivity index (χ1v) is 7.93. The number of nitrogens with one attached hydrogen (secondary N) is 2. The molecule has 1 heterocycles. The first kappa shape index (κ1) is 16.1. The summed E-state index contributed by atoms with van der Waals surface area (Å²) in [6, 6.07) is 11.2. The topological polar surface area (TPSA) is 74.6 Å². The van der Waals surface area contributed by atoms with Gasteiger partial charge in [0.2, 0.25) is 11.8 Å². The van der Waals surface area contributed by atoms with E-state index in [0.717, 1.165) is 11.4 Å². The van der Waals surface area contributed by atoms with Gasteiger partial charge in [-0.15, -0.1) is 0 Å². The Hall–Kier alpha value is -2.76. The lowest BCUT2D eigenvalue weighted by Crippen LogP contribution is -2.26. The van der Waals surface area contributed by atoms with E-state index in [2.05, 4.69) is 10.6 Å². The Morgan fingerprint density at radius 1 is 1.12 bits per heavy atom. The lowest BCUT2D eigenvalue weighted by molar-refractivity contribution is -0.125. The summed E-state index contributed by atoms with van der Waals surface area (Å²) in [6.45, 7) is 0.350. The Balaban J connectivity index is 1.47. The number of hydrogen-bond donors (Lipinski definition) is 2. The zero-order valence-corrected chi connectivity index (χ0v) is 13.8. The maximum absolute atomic E-state index is 12.2. The van der Waals surface area contributed by atoms with Crippen LogP contribution in [0.15, 0.2) is 47.1 Å². The molecule has 0 spiro atoms. The summed E-state index contributed by atoms with van der Waals surface area (Å²) in [5, 5.41) is 5.67. The third-order valence-corrected chi connectivity index (χ3v) is 4.13. The van der Waals surface area contributed by atoms with Gasteiger partial charge in [0.05, 0.1) is 24.6 Å². The quantitative estimate of drug-likeness (QED) is 0.853. The molecule has 126 valence electrons. The number of furan rings is 1. The van der Waals surface area contributed by atoms with Gasteiger partial charge < -0.3 is 20.0 Å². The number of carbonyl (C=O) groups is 2. The van der Waals surface area contributed by atoms with Crippen molar-refractivity contribution in [1.82, 2.24) is 5.32 Å². The van der Waals surface area contributed by atoms with Crippen LogP contribution in [0.4, 0.5) is 11.4 Å². The first-order valence-electron chi connectivity index (χ1n) is 7.93. The largest absolute Gasteiger partial charge is 0.467 e. The van der Waals surface area contributed by atoms with Gasteiger partial charge in [0.1, 0.15) is 5.76 Å². The number of carbonyl (C=O) groups excluding carboxylic acids is 2. The number of rotatable bonds is 6. The molecule has 2 N–H and O–H groups in total. The van der Waals surface area contributed by atoms with Crippen molar-refractivity contribution < 1.29 is 14.0 Å². The zero-order valence-electron chi connectivity index (χ0n) is 13.8. The molecule has 1 aliphatic rings. The minimum atomic E-state index is -0.255. The van der Waals surface area contributed by atoms with E-state index in [4.69, 9.17) is 4.42 Å². The van der Waals surface area contributed by atoms with E-state index in [-0.39, 0.29) is 23.7 Å². The summed E-state index contributed by atoms with van der Waals surface area (Å²) in [6.07, 6.45) is 2.15. The molecule has 6 heteroatoms. The monoisotopic (exact) mass is 327 g/mol. The molecular weight excluding hydrogens is 306 g/mol. The third kappa shape index (κ3) is 3.76. The number of anilines is 2.